The van der Waals surface area contributed by atoms with E-state index in [1.807, 2.05) is 26.2 Å². The van der Waals surface area contributed by atoms with Crippen LogP contribution >= 0.6 is 0 Å². The molecule has 0 aliphatic carbocycles. The van der Waals surface area contributed by atoms with Crippen molar-refractivity contribution in [2.75, 3.05) is 6.61 Å². The molecule has 96 valence electrons. The van der Waals surface area contributed by atoms with Crippen LogP contribution in [0.5, 0.6) is 5.75 Å². The van der Waals surface area contributed by atoms with Crippen LogP contribution in [0.4, 0.5) is 0 Å². The number of rotatable bonds is 5. The van der Waals surface area contributed by atoms with Gasteiger partial charge < -0.3 is 4.74 Å². The van der Waals surface area contributed by atoms with Crippen molar-refractivity contribution in [3.05, 3.63) is 42.0 Å². The van der Waals surface area contributed by atoms with E-state index in [0.29, 0.717) is 6.61 Å². The zero-order chi connectivity index (χ0) is 13.0. The highest BCUT2D eigenvalue weighted by atomic mass is 16.5. The lowest BCUT2D eigenvalue weighted by Crippen LogP contribution is -2.28. The van der Waals surface area contributed by atoms with E-state index in [1.165, 1.54) is 0 Å². The maximum absolute atomic E-state index is 5.61. The smallest absolute Gasteiger partial charge is 0.137 e. The summed E-state index contributed by atoms with van der Waals surface area (Å²) in [6, 6.07) is 1.78. The van der Waals surface area contributed by atoms with Gasteiger partial charge in [0.15, 0.2) is 0 Å². The van der Waals surface area contributed by atoms with Gasteiger partial charge in [-0.2, -0.15) is 5.10 Å². The van der Waals surface area contributed by atoms with Crippen LogP contribution in [0.1, 0.15) is 24.1 Å². The highest BCUT2D eigenvalue weighted by molar-refractivity contribution is 5.32. The summed E-state index contributed by atoms with van der Waals surface area (Å²) in [6.07, 6.45) is 7.14. The number of nitrogens with zero attached hydrogens (tertiary/aromatic N) is 3. The number of ether oxygens (including phenoxy) is 1. The Morgan fingerprint density at radius 2 is 2.22 bits per heavy atom. The Balaban J connectivity index is 2.29. The molecule has 18 heavy (non-hydrogen) atoms. The Morgan fingerprint density at radius 3 is 2.83 bits per heavy atom. The highest BCUT2D eigenvalue weighted by Crippen LogP contribution is 2.23. The molecule has 0 bridgehead atoms. The Hall–Kier alpha value is -1.92. The van der Waals surface area contributed by atoms with E-state index in [1.54, 1.807) is 23.3 Å². The first kappa shape index (κ1) is 12.5. The van der Waals surface area contributed by atoms with Crippen molar-refractivity contribution in [3.63, 3.8) is 0 Å². The normalized spacial score (nSPS) is 12.4. The van der Waals surface area contributed by atoms with Gasteiger partial charge in [0.2, 0.25) is 0 Å². The van der Waals surface area contributed by atoms with Crippen molar-refractivity contribution < 1.29 is 4.74 Å². The molecule has 0 spiro atoms. The number of hydrogen-bond donors (Lipinski definition) is 2. The van der Waals surface area contributed by atoms with Crippen molar-refractivity contribution in [1.82, 2.24) is 20.2 Å². The Bertz CT molecular complexity index is 511. The fourth-order valence-corrected chi connectivity index (χ4v) is 1.81. The molecule has 0 fully saturated rings. The summed E-state index contributed by atoms with van der Waals surface area (Å²) in [5.41, 5.74) is 4.69. The lowest BCUT2D eigenvalue weighted by Gasteiger charge is -2.15. The predicted molar refractivity (Wildman–Crippen MR) is 67.8 cm³/mol. The van der Waals surface area contributed by atoms with Crippen LogP contribution in [-0.4, -0.2) is 21.4 Å². The van der Waals surface area contributed by atoms with Crippen LogP contribution in [0, 0.1) is 0 Å². The molecule has 6 heteroatoms. The van der Waals surface area contributed by atoms with E-state index in [-0.39, 0.29) is 6.04 Å². The van der Waals surface area contributed by atoms with Gasteiger partial charge in [-0.05, 0) is 18.6 Å². The fourth-order valence-electron chi connectivity index (χ4n) is 1.81. The van der Waals surface area contributed by atoms with Crippen LogP contribution in [0.25, 0.3) is 0 Å². The molecule has 0 saturated carbocycles. The second-order valence-electron chi connectivity index (χ2n) is 3.93. The molecular weight excluding hydrogens is 230 g/mol. The molecule has 0 radical (unpaired) electrons. The number of pyridine rings is 1. The number of nitrogens with one attached hydrogen (secondary N) is 1. The monoisotopic (exact) mass is 247 g/mol. The maximum atomic E-state index is 5.61. The minimum atomic E-state index is -0.147. The van der Waals surface area contributed by atoms with E-state index in [2.05, 4.69) is 15.5 Å². The summed E-state index contributed by atoms with van der Waals surface area (Å²) in [7, 11) is 1.87. The Kier molecular flexibility index (Phi) is 3.91. The summed E-state index contributed by atoms with van der Waals surface area (Å²) in [6.45, 7) is 2.55. The number of hydrogen-bond acceptors (Lipinski definition) is 5. The van der Waals surface area contributed by atoms with E-state index < -0.39 is 0 Å². The van der Waals surface area contributed by atoms with E-state index in [4.69, 9.17) is 10.6 Å². The molecule has 2 rings (SSSR count). The average Bonchev–Trinajstić information content (AvgIpc) is 2.78. The standard InChI is InChI=1S/C12H17N5O/c1-3-18-11-4-9(5-14-7-11)12(16-13)10-6-15-17(2)8-10/h4-8,12,16H,3,13H2,1-2H3. The largest absolute Gasteiger partial charge is 0.492 e. The average molecular weight is 247 g/mol. The second kappa shape index (κ2) is 5.61. The van der Waals surface area contributed by atoms with Crippen molar-refractivity contribution in [3.8, 4) is 5.75 Å². The van der Waals surface area contributed by atoms with Crippen molar-refractivity contribution in [1.29, 1.82) is 0 Å². The lowest BCUT2D eigenvalue weighted by atomic mass is 10.0. The molecular formula is C12H17N5O. The summed E-state index contributed by atoms with van der Waals surface area (Å²) in [5.74, 6) is 6.35. The Labute approximate surface area is 106 Å². The zero-order valence-electron chi connectivity index (χ0n) is 10.5. The van der Waals surface area contributed by atoms with E-state index in [0.717, 1.165) is 16.9 Å². The second-order valence-corrected chi connectivity index (χ2v) is 3.93. The van der Waals surface area contributed by atoms with Gasteiger partial charge in [-0.25, -0.2) is 5.43 Å². The first-order chi connectivity index (χ1) is 8.74. The van der Waals surface area contributed by atoms with Crippen LogP contribution in [0.15, 0.2) is 30.9 Å². The summed E-state index contributed by atoms with van der Waals surface area (Å²) < 4.78 is 7.17. The topological polar surface area (TPSA) is 78.0 Å². The molecule has 1 atom stereocenters. The van der Waals surface area contributed by atoms with Crippen molar-refractivity contribution >= 4 is 0 Å². The summed E-state index contributed by atoms with van der Waals surface area (Å²) in [5, 5.41) is 4.14. The van der Waals surface area contributed by atoms with E-state index >= 15 is 0 Å². The van der Waals surface area contributed by atoms with E-state index in [9.17, 15) is 0 Å². The van der Waals surface area contributed by atoms with Gasteiger partial charge in [0.05, 0.1) is 25.0 Å². The molecule has 0 aromatic carbocycles. The minimum absolute atomic E-state index is 0.147. The van der Waals surface area contributed by atoms with Crippen LogP contribution in [0.2, 0.25) is 0 Å². The zero-order valence-corrected chi connectivity index (χ0v) is 10.5. The Morgan fingerprint density at radius 1 is 1.39 bits per heavy atom. The fraction of sp³-hybridized carbons (Fsp3) is 0.333. The van der Waals surface area contributed by atoms with Gasteiger partial charge in [-0.15, -0.1) is 0 Å². The lowest BCUT2D eigenvalue weighted by molar-refractivity contribution is 0.338. The van der Waals surface area contributed by atoms with Crippen LogP contribution in [0.3, 0.4) is 0 Å². The third-order valence-electron chi connectivity index (χ3n) is 2.60. The number of aryl methyl sites for hydroxylation is 1. The van der Waals surface area contributed by atoms with Gasteiger partial charge in [-0.3, -0.25) is 15.5 Å². The van der Waals surface area contributed by atoms with Crippen molar-refractivity contribution in [2.24, 2.45) is 12.9 Å². The molecule has 0 amide bonds. The number of nitrogens with two attached hydrogens (primary N) is 1. The van der Waals surface area contributed by atoms with Gasteiger partial charge in [-0.1, -0.05) is 0 Å². The molecule has 6 nitrogen and oxygen atoms in total. The first-order valence-corrected chi connectivity index (χ1v) is 5.77. The number of hydrazine groups is 1. The molecule has 0 saturated heterocycles. The molecule has 3 N–H and O–H groups in total. The maximum Gasteiger partial charge on any atom is 0.137 e. The molecule has 2 aromatic heterocycles. The van der Waals surface area contributed by atoms with Gasteiger partial charge >= 0.3 is 0 Å². The molecule has 2 aromatic rings. The predicted octanol–water partition coefficient (Wildman–Crippen LogP) is 0.766. The van der Waals surface area contributed by atoms with Gasteiger partial charge in [0.1, 0.15) is 5.75 Å². The molecule has 1 unspecified atom stereocenters. The first-order valence-electron chi connectivity index (χ1n) is 5.77. The van der Waals surface area contributed by atoms with Crippen molar-refractivity contribution in [2.45, 2.75) is 13.0 Å². The molecule has 0 aliphatic rings. The summed E-state index contributed by atoms with van der Waals surface area (Å²) in [4.78, 5) is 4.16. The third kappa shape index (κ3) is 2.66. The number of aromatic nitrogens is 3. The quantitative estimate of drug-likeness (QED) is 0.602. The SMILES string of the molecule is CCOc1cncc(C(NN)c2cnn(C)c2)c1. The van der Waals surface area contributed by atoms with Crippen LogP contribution < -0.4 is 16.0 Å². The minimum Gasteiger partial charge on any atom is -0.492 e. The molecule has 0 aliphatic heterocycles. The summed E-state index contributed by atoms with van der Waals surface area (Å²) >= 11 is 0. The highest BCUT2D eigenvalue weighted by Gasteiger charge is 2.15. The third-order valence-corrected chi connectivity index (χ3v) is 2.60. The van der Waals surface area contributed by atoms with Gasteiger partial charge in [0.25, 0.3) is 0 Å². The van der Waals surface area contributed by atoms with Gasteiger partial charge in [0, 0.05) is 25.0 Å². The molecule has 2 heterocycles. The van der Waals surface area contributed by atoms with Crippen LogP contribution in [-0.2, 0) is 7.05 Å².